The van der Waals surface area contributed by atoms with Crippen LogP contribution in [0.5, 0.6) is 5.75 Å². The Morgan fingerprint density at radius 2 is 1.95 bits per heavy atom. The largest absolute Gasteiger partial charge is 0.489 e. The van der Waals surface area contributed by atoms with Gasteiger partial charge < -0.3 is 4.74 Å². The number of ether oxygens (including phenoxy) is 1. The summed E-state index contributed by atoms with van der Waals surface area (Å²) >= 11 is 0. The maximum atomic E-state index is 12.0. The third kappa shape index (κ3) is 2.06. The molecule has 1 aromatic carbocycles. The number of ketones is 1. The molecule has 2 fully saturated rings. The fourth-order valence-electron chi connectivity index (χ4n) is 3.63. The molecule has 2 nitrogen and oxygen atoms in total. The Balaban J connectivity index is 1.81. The van der Waals surface area contributed by atoms with Gasteiger partial charge in [0.1, 0.15) is 17.6 Å². The van der Waals surface area contributed by atoms with Gasteiger partial charge in [-0.1, -0.05) is 38.8 Å². The summed E-state index contributed by atoms with van der Waals surface area (Å²) < 4.78 is 6.26. The molecule has 1 atom stereocenters. The van der Waals surface area contributed by atoms with Crippen LogP contribution in [0.2, 0.25) is 0 Å². The molecule has 1 aromatic rings. The van der Waals surface area contributed by atoms with Gasteiger partial charge in [0.25, 0.3) is 0 Å². The minimum atomic E-state index is -0.139. The third-order valence-corrected chi connectivity index (χ3v) is 5.19. The number of carbonyl (C=O) groups excluding carboxylic acids is 1. The lowest BCUT2D eigenvalue weighted by atomic mass is 9.63. The summed E-state index contributed by atoms with van der Waals surface area (Å²) in [7, 11) is 0. The first kappa shape index (κ1) is 13.7. The van der Waals surface area contributed by atoms with E-state index in [1.807, 2.05) is 0 Å². The van der Waals surface area contributed by atoms with Crippen LogP contribution in [-0.2, 0) is 4.79 Å². The van der Waals surface area contributed by atoms with Gasteiger partial charge in [-0.2, -0.15) is 0 Å². The molecule has 3 rings (SSSR count). The first-order valence-corrected chi connectivity index (χ1v) is 7.83. The van der Waals surface area contributed by atoms with Crippen LogP contribution < -0.4 is 4.74 Å². The second-order valence-corrected chi connectivity index (χ2v) is 6.78. The van der Waals surface area contributed by atoms with Crippen molar-refractivity contribution in [1.29, 1.82) is 0 Å². The van der Waals surface area contributed by atoms with E-state index in [4.69, 9.17) is 4.74 Å². The molecule has 0 amide bonds. The molecule has 0 aliphatic heterocycles. The Morgan fingerprint density at radius 3 is 2.55 bits per heavy atom. The van der Waals surface area contributed by atoms with Crippen molar-refractivity contribution >= 4 is 5.78 Å². The van der Waals surface area contributed by atoms with Gasteiger partial charge in [-0.05, 0) is 42.9 Å². The number of carbonyl (C=O) groups is 1. The van der Waals surface area contributed by atoms with Crippen molar-refractivity contribution in [2.75, 3.05) is 0 Å². The van der Waals surface area contributed by atoms with Gasteiger partial charge in [0.15, 0.2) is 0 Å². The molecule has 0 N–H and O–H groups in total. The van der Waals surface area contributed by atoms with Gasteiger partial charge in [-0.25, -0.2) is 0 Å². The van der Waals surface area contributed by atoms with E-state index in [9.17, 15) is 4.79 Å². The zero-order valence-corrected chi connectivity index (χ0v) is 12.7. The molecular formula is C18H24O2. The van der Waals surface area contributed by atoms with Crippen molar-refractivity contribution in [2.45, 2.75) is 64.9 Å². The lowest BCUT2D eigenvalue weighted by Gasteiger charge is -2.45. The Bertz CT molecular complexity index is 524. The average Bonchev–Trinajstić information content (AvgIpc) is 2.92. The average molecular weight is 272 g/mol. The second-order valence-electron chi connectivity index (χ2n) is 6.78. The monoisotopic (exact) mass is 272 g/mol. The highest BCUT2D eigenvalue weighted by Gasteiger charge is 2.57. The van der Waals surface area contributed by atoms with Crippen molar-refractivity contribution in [2.24, 2.45) is 5.41 Å². The fraction of sp³-hybridized carbons (Fsp3) is 0.611. The predicted octanol–water partition coefficient (Wildman–Crippen LogP) is 4.40. The molecule has 1 spiro atoms. The predicted molar refractivity (Wildman–Crippen MR) is 80.2 cm³/mol. The van der Waals surface area contributed by atoms with Crippen LogP contribution in [0.3, 0.4) is 0 Å². The quantitative estimate of drug-likeness (QED) is 0.815. The molecule has 20 heavy (non-hydrogen) atoms. The van der Waals surface area contributed by atoms with Crippen LogP contribution in [0.25, 0.3) is 0 Å². The molecule has 1 unspecified atom stereocenters. The summed E-state index contributed by atoms with van der Waals surface area (Å²) in [5.74, 6) is 1.90. The molecule has 0 saturated heterocycles. The summed E-state index contributed by atoms with van der Waals surface area (Å²) in [6.45, 7) is 6.47. The van der Waals surface area contributed by atoms with Crippen molar-refractivity contribution in [3.8, 4) is 5.75 Å². The van der Waals surface area contributed by atoms with Gasteiger partial charge >= 0.3 is 0 Å². The summed E-state index contributed by atoms with van der Waals surface area (Å²) in [5, 5.41) is 0. The van der Waals surface area contributed by atoms with Gasteiger partial charge in [-0.3, -0.25) is 4.79 Å². The Labute approximate surface area is 121 Å². The van der Waals surface area contributed by atoms with E-state index in [-0.39, 0.29) is 11.5 Å². The molecular weight excluding hydrogens is 248 g/mol. The zero-order chi connectivity index (χ0) is 14.3. The molecule has 2 saturated carbocycles. The first-order chi connectivity index (χ1) is 9.53. The number of aryl methyl sites for hydroxylation is 1. The van der Waals surface area contributed by atoms with Gasteiger partial charge in [-0.15, -0.1) is 0 Å². The van der Waals surface area contributed by atoms with Crippen LogP contribution in [0.1, 0.15) is 63.0 Å². The molecule has 0 heterocycles. The zero-order valence-electron chi connectivity index (χ0n) is 12.7. The number of benzene rings is 1. The SMILES string of the molecule is Cc1ccc(C(C)C)cc1OC1CC(=O)C12CCCC2. The van der Waals surface area contributed by atoms with Crippen molar-refractivity contribution in [3.05, 3.63) is 29.3 Å². The van der Waals surface area contributed by atoms with E-state index >= 15 is 0 Å². The highest BCUT2D eigenvalue weighted by molar-refractivity contribution is 5.92. The van der Waals surface area contributed by atoms with E-state index in [0.717, 1.165) is 18.6 Å². The highest BCUT2D eigenvalue weighted by atomic mass is 16.5. The minimum absolute atomic E-state index is 0.110. The lowest BCUT2D eigenvalue weighted by Crippen LogP contribution is -2.55. The van der Waals surface area contributed by atoms with Crippen LogP contribution in [0.15, 0.2) is 18.2 Å². The molecule has 108 valence electrons. The van der Waals surface area contributed by atoms with Crippen molar-refractivity contribution < 1.29 is 9.53 Å². The Morgan fingerprint density at radius 1 is 1.25 bits per heavy atom. The number of hydrogen-bond acceptors (Lipinski definition) is 2. The smallest absolute Gasteiger partial charge is 0.146 e. The third-order valence-electron chi connectivity index (χ3n) is 5.19. The Hall–Kier alpha value is -1.31. The van der Waals surface area contributed by atoms with Crippen molar-refractivity contribution in [1.82, 2.24) is 0 Å². The highest BCUT2D eigenvalue weighted by Crippen LogP contribution is 2.52. The number of hydrogen-bond donors (Lipinski definition) is 0. The summed E-state index contributed by atoms with van der Waals surface area (Å²) in [6.07, 6.45) is 5.12. The topological polar surface area (TPSA) is 26.3 Å². The number of rotatable bonds is 3. The van der Waals surface area contributed by atoms with Crippen LogP contribution in [0.4, 0.5) is 0 Å². The van der Waals surface area contributed by atoms with E-state index < -0.39 is 0 Å². The molecule has 2 aliphatic carbocycles. The van der Waals surface area contributed by atoms with E-state index in [1.54, 1.807) is 0 Å². The van der Waals surface area contributed by atoms with Gasteiger partial charge in [0, 0.05) is 6.42 Å². The van der Waals surface area contributed by atoms with Gasteiger partial charge in [0.2, 0.25) is 0 Å². The van der Waals surface area contributed by atoms with Crippen molar-refractivity contribution in [3.63, 3.8) is 0 Å². The van der Waals surface area contributed by atoms with Crippen LogP contribution in [-0.4, -0.2) is 11.9 Å². The fourth-order valence-corrected chi connectivity index (χ4v) is 3.63. The molecule has 0 bridgehead atoms. The second kappa shape index (κ2) is 4.91. The maximum absolute atomic E-state index is 12.0. The van der Waals surface area contributed by atoms with Crippen LogP contribution >= 0.6 is 0 Å². The number of Topliss-reactive ketones (excluding diaryl/α,β-unsaturated/α-hetero) is 1. The van der Waals surface area contributed by atoms with Crippen LogP contribution in [0, 0.1) is 12.3 Å². The minimum Gasteiger partial charge on any atom is -0.489 e. The van der Waals surface area contributed by atoms with Gasteiger partial charge in [0.05, 0.1) is 5.41 Å². The standard InChI is InChI=1S/C18H24O2/c1-12(2)14-7-6-13(3)15(10-14)20-17-11-16(19)18(17)8-4-5-9-18/h6-7,10,12,17H,4-5,8-9,11H2,1-3H3. The summed E-state index contributed by atoms with van der Waals surface area (Å²) in [4.78, 5) is 12.0. The Kier molecular flexibility index (Phi) is 3.35. The molecule has 2 aliphatic rings. The first-order valence-electron chi connectivity index (χ1n) is 7.83. The normalized spacial score (nSPS) is 24.2. The molecule has 2 heteroatoms. The van der Waals surface area contributed by atoms with E-state index in [2.05, 4.69) is 39.0 Å². The molecule has 0 radical (unpaired) electrons. The van der Waals surface area contributed by atoms with E-state index in [0.29, 0.717) is 18.1 Å². The molecule has 0 aromatic heterocycles. The maximum Gasteiger partial charge on any atom is 0.146 e. The summed E-state index contributed by atoms with van der Waals surface area (Å²) in [5.41, 5.74) is 2.33. The van der Waals surface area contributed by atoms with E-state index in [1.165, 1.54) is 24.0 Å². The summed E-state index contributed by atoms with van der Waals surface area (Å²) in [6, 6.07) is 6.46. The lowest BCUT2D eigenvalue weighted by molar-refractivity contribution is -0.151.